The summed E-state index contributed by atoms with van der Waals surface area (Å²) in [5.74, 6) is 0.231. The summed E-state index contributed by atoms with van der Waals surface area (Å²) in [6, 6.07) is 4.49. The number of rotatable bonds is 3. The van der Waals surface area contributed by atoms with Gasteiger partial charge in [-0.25, -0.2) is 0 Å². The van der Waals surface area contributed by atoms with Gasteiger partial charge in [-0.15, -0.1) is 0 Å². The van der Waals surface area contributed by atoms with Gasteiger partial charge in [0.1, 0.15) is 6.61 Å². The zero-order chi connectivity index (χ0) is 10.7. The van der Waals surface area contributed by atoms with Crippen molar-refractivity contribution in [2.45, 2.75) is 19.8 Å². The first-order chi connectivity index (χ1) is 6.56. The van der Waals surface area contributed by atoms with E-state index in [-0.39, 0.29) is 11.6 Å². The Hall–Kier alpha value is -1.42. The summed E-state index contributed by atoms with van der Waals surface area (Å²) in [6.45, 7) is 4.84. The Balaban J connectivity index is 3.18. The number of hydrogen-bond donors (Lipinski definition) is 1. The second-order valence-corrected chi connectivity index (χ2v) is 3.35. The van der Waals surface area contributed by atoms with Gasteiger partial charge in [-0.1, -0.05) is 19.9 Å². The lowest BCUT2D eigenvalue weighted by Gasteiger charge is -2.09. The van der Waals surface area contributed by atoms with Gasteiger partial charge in [0.05, 0.1) is 4.92 Å². The maximum atomic E-state index is 10.5. The molecule has 0 atom stereocenters. The molecule has 14 heavy (non-hydrogen) atoms. The number of non-ortho nitro benzene ring substituents is 1. The summed E-state index contributed by atoms with van der Waals surface area (Å²) in [6.07, 6.45) is 0. The number of benzene rings is 1. The summed E-state index contributed by atoms with van der Waals surface area (Å²) in [5, 5.41) is 19.4. The van der Waals surface area contributed by atoms with Gasteiger partial charge in [-0.05, 0) is 17.0 Å². The number of aliphatic hydroxyl groups is 1. The third kappa shape index (κ3) is 2.09. The molecule has 1 aromatic carbocycles. The highest BCUT2D eigenvalue weighted by atomic mass is 16.6. The topological polar surface area (TPSA) is 63.4 Å². The molecule has 0 unspecified atom stereocenters. The van der Waals surface area contributed by atoms with Crippen molar-refractivity contribution in [2.75, 3.05) is 0 Å². The fourth-order valence-electron chi connectivity index (χ4n) is 1.31. The van der Waals surface area contributed by atoms with Crippen LogP contribution in [0.3, 0.4) is 0 Å². The van der Waals surface area contributed by atoms with Gasteiger partial charge in [-0.2, -0.15) is 0 Å². The molecular weight excluding hydrogens is 182 g/mol. The smallest absolute Gasteiger partial charge is 0.269 e. The van der Waals surface area contributed by atoms with Crippen LogP contribution in [0, 0.1) is 16.7 Å². The highest BCUT2D eigenvalue weighted by Crippen LogP contribution is 2.24. The highest BCUT2D eigenvalue weighted by molar-refractivity contribution is 5.43. The molecule has 0 saturated carbocycles. The molecule has 0 saturated heterocycles. The van der Waals surface area contributed by atoms with Crippen molar-refractivity contribution in [2.24, 2.45) is 0 Å². The molecule has 0 spiro atoms. The third-order valence-electron chi connectivity index (χ3n) is 2.04. The molecule has 4 heteroatoms. The van der Waals surface area contributed by atoms with E-state index < -0.39 is 4.92 Å². The van der Waals surface area contributed by atoms with Crippen LogP contribution in [-0.2, 0) is 0 Å². The normalized spacial score (nSPS) is 10.6. The van der Waals surface area contributed by atoms with Crippen LogP contribution in [0.25, 0.3) is 0 Å². The summed E-state index contributed by atoms with van der Waals surface area (Å²) in [4.78, 5) is 9.99. The van der Waals surface area contributed by atoms with Crippen LogP contribution in [0.5, 0.6) is 0 Å². The van der Waals surface area contributed by atoms with E-state index in [4.69, 9.17) is 5.11 Å². The fourth-order valence-corrected chi connectivity index (χ4v) is 1.31. The molecule has 75 valence electrons. The minimum Gasteiger partial charge on any atom is -0.385 e. The maximum absolute atomic E-state index is 10.5. The van der Waals surface area contributed by atoms with E-state index in [9.17, 15) is 10.1 Å². The Morgan fingerprint density at radius 2 is 2.14 bits per heavy atom. The average Bonchev–Trinajstić information content (AvgIpc) is 2.16. The molecule has 1 aromatic rings. The quantitative estimate of drug-likeness (QED) is 0.594. The standard InChI is InChI=1S/C10H12NO3/c1-7(2)10-4-3-9(11(13)14)5-8(10)6-12/h3-7,12H,1-2H3. The third-order valence-corrected chi connectivity index (χ3v) is 2.04. The van der Waals surface area contributed by atoms with Gasteiger partial charge >= 0.3 is 0 Å². The Kier molecular flexibility index (Phi) is 3.19. The molecule has 1 N–H and O–H groups in total. The summed E-state index contributed by atoms with van der Waals surface area (Å²) in [7, 11) is 0. The number of nitrogens with zero attached hydrogens (tertiary/aromatic N) is 1. The van der Waals surface area contributed by atoms with Crippen molar-refractivity contribution < 1.29 is 10.0 Å². The van der Waals surface area contributed by atoms with Gasteiger partial charge in [0.25, 0.3) is 5.69 Å². The zero-order valence-corrected chi connectivity index (χ0v) is 8.10. The van der Waals surface area contributed by atoms with E-state index >= 15 is 0 Å². The summed E-state index contributed by atoms with van der Waals surface area (Å²) < 4.78 is 0. The van der Waals surface area contributed by atoms with Crippen molar-refractivity contribution in [1.82, 2.24) is 0 Å². The highest BCUT2D eigenvalue weighted by Gasteiger charge is 2.12. The van der Waals surface area contributed by atoms with Gasteiger partial charge in [-0.3, -0.25) is 10.1 Å². The molecule has 0 aliphatic rings. The van der Waals surface area contributed by atoms with Crippen LogP contribution in [0.4, 0.5) is 5.69 Å². The van der Waals surface area contributed by atoms with Crippen LogP contribution in [0.2, 0.25) is 0 Å². The first-order valence-electron chi connectivity index (χ1n) is 4.32. The summed E-state index contributed by atoms with van der Waals surface area (Å²) >= 11 is 0. The zero-order valence-electron chi connectivity index (χ0n) is 8.10. The van der Waals surface area contributed by atoms with Crippen LogP contribution in [0.1, 0.15) is 30.9 Å². The minimum atomic E-state index is -0.475. The number of nitro groups is 1. The van der Waals surface area contributed by atoms with Crippen LogP contribution >= 0.6 is 0 Å². The molecule has 1 rings (SSSR count). The van der Waals surface area contributed by atoms with Gasteiger partial charge in [0.15, 0.2) is 0 Å². The van der Waals surface area contributed by atoms with E-state index in [1.54, 1.807) is 6.07 Å². The molecule has 0 aromatic heterocycles. The monoisotopic (exact) mass is 194 g/mol. The molecule has 0 fully saturated rings. The van der Waals surface area contributed by atoms with Gasteiger partial charge < -0.3 is 5.11 Å². The molecule has 1 radical (unpaired) electrons. The van der Waals surface area contributed by atoms with Crippen LogP contribution < -0.4 is 0 Å². The Morgan fingerprint density at radius 3 is 2.57 bits per heavy atom. The molecule has 0 aliphatic heterocycles. The SMILES string of the molecule is CC(C)c1ccc([N+](=O)[O-])cc1[CH]O. The first-order valence-corrected chi connectivity index (χ1v) is 4.32. The molecule has 4 nitrogen and oxygen atoms in total. The second-order valence-electron chi connectivity index (χ2n) is 3.35. The van der Waals surface area contributed by atoms with Gasteiger partial charge in [0, 0.05) is 12.1 Å². The van der Waals surface area contributed by atoms with Crippen molar-refractivity contribution in [3.8, 4) is 0 Å². The average molecular weight is 194 g/mol. The summed E-state index contributed by atoms with van der Waals surface area (Å²) in [5.41, 5.74) is 1.40. The van der Waals surface area contributed by atoms with Crippen LogP contribution in [0.15, 0.2) is 18.2 Å². The van der Waals surface area contributed by atoms with Crippen molar-refractivity contribution in [1.29, 1.82) is 0 Å². The lowest BCUT2D eigenvalue weighted by atomic mass is 9.97. The molecular formula is C10H12NO3. The van der Waals surface area contributed by atoms with Crippen LogP contribution in [-0.4, -0.2) is 10.0 Å². The second kappa shape index (κ2) is 4.19. The number of aliphatic hydroxyl groups excluding tert-OH is 1. The van der Waals surface area contributed by atoms with E-state index in [0.29, 0.717) is 5.56 Å². The Bertz CT molecular complexity index is 347. The van der Waals surface area contributed by atoms with E-state index in [0.717, 1.165) is 12.2 Å². The molecule has 0 bridgehead atoms. The molecule has 0 amide bonds. The Morgan fingerprint density at radius 1 is 1.50 bits per heavy atom. The lowest BCUT2D eigenvalue weighted by molar-refractivity contribution is -0.384. The number of nitro benzene ring substituents is 1. The molecule has 0 aliphatic carbocycles. The van der Waals surface area contributed by atoms with Crippen molar-refractivity contribution in [3.05, 3.63) is 46.0 Å². The predicted octanol–water partition coefficient (Wildman–Crippen LogP) is 2.60. The van der Waals surface area contributed by atoms with E-state index in [1.165, 1.54) is 12.1 Å². The maximum Gasteiger partial charge on any atom is 0.269 e. The van der Waals surface area contributed by atoms with E-state index in [2.05, 4.69) is 0 Å². The lowest BCUT2D eigenvalue weighted by Crippen LogP contribution is -1.97. The van der Waals surface area contributed by atoms with Crippen molar-refractivity contribution >= 4 is 5.69 Å². The molecule has 0 heterocycles. The number of hydrogen-bond acceptors (Lipinski definition) is 3. The fraction of sp³-hybridized carbons (Fsp3) is 0.300. The first kappa shape index (κ1) is 10.7. The van der Waals surface area contributed by atoms with E-state index in [1.807, 2.05) is 13.8 Å². The van der Waals surface area contributed by atoms with Gasteiger partial charge in [0.2, 0.25) is 0 Å². The minimum absolute atomic E-state index is 0.00491. The largest absolute Gasteiger partial charge is 0.385 e. The predicted molar refractivity (Wildman–Crippen MR) is 52.5 cm³/mol. The van der Waals surface area contributed by atoms with Crippen molar-refractivity contribution in [3.63, 3.8) is 0 Å². The Labute approximate surface area is 82.3 Å².